The van der Waals surface area contributed by atoms with Gasteiger partial charge in [-0.3, -0.25) is 4.79 Å². The van der Waals surface area contributed by atoms with Crippen molar-refractivity contribution in [3.8, 4) is 0 Å². The number of carbonyl (C=O) groups excluding carboxylic acids is 1. The van der Waals surface area contributed by atoms with Gasteiger partial charge in [-0.2, -0.15) is 0 Å². The highest BCUT2D eigenvalue weighted by Crippen LogP contribution is 2.19. The molecule has 1 aromatic rings. The van der Waals surface area contributed by atoms with Crippen molar-refractivity contribution in [3.63, 3.8) is 0 Å². The van der Waals surface area contributed by atoms with E-state index in [1.54, 1.807) is 6.07 Å². The molecule has 0 fully saturated rings. The maximum Gasteiger partial charge on any atom is 0.261 e. The van der Waals surface area contributed by atoms with Crippen molar-refractivity contribution in [2.75, 3.05) is 6.54 Å². The van der Waals surface area contributed by atoms with Crippen molar-refractivity contribution < 1.29 is 4.79 Å². The van der Waals surface area contributed by atoms with Gasteiger partial charge in [-0.1, -0.05) is 0 Å². The Morgan fingerprint density at radius 2 is 2.43 bits per heavy atom. The molecule has 0 aliphatic heterocycles. The lowest BCUT2D eigenvalue weighted by molar-refractivity contribution is 0.0945. The van der Waals surface area contributed by atoms with E-state index in [1.807, 2.05) is 12.3 Å². The van der Waals surface area contributed by atoms with Crippen LogP contribution in [0.15, 0.2) is 15.9 Å². The van der Waals surface area contributed by atoms with Crippen LogP contribution in [-0.4, -0.2) is 18.5 Å². The molecule has 1 atom stereocenters. The molecule has 14 heavy (non-hydrogen) atoms. The molecule has 0 aliphatic carbocycles. The topological polar surface area (TPSA) is 55.1 Å². The lowest BCUT2D eigenvalue weighted by Gasteiger charge is -2.09. The van der Waals surface area contributed by atoms with Crippen molar-refractivity contribution >= 4 is 45.6 Å². The predicted molar refractivity (Wildman–Crippen MR) is 65.2 cm³/mol. The molecule has 3 N–H and O–H groups in total. The zero-order valence-electron chi connectivity index (χ0n) is 7.62. The summed E-state index contributed by atoms with van der Waals surface area (Å²) in [6.45, 7) is 2.33. The minimum absolute atomic E-state index is 0. The second-order valence-electron chi connectivity index (χ2n) is 2.74. The van der Waals surface area contributed by atoms with E-state index in [0.29, 0.717) is 11.4 Å². The van der Waals surface area contributed by atoms with Crippen LogP contribution in [0.1, 0.15) is 16.6 Å². The van der Waals surface area contributed by atoms with Crippen LogP contribution in [-0.2, 0) is 0 Å². The average molecular weight is 300 g/mol. The quantitative estimate of drug-likeness (QED) is 0.897. The third-order valence-corrected chi connectivity index (χ3v) is 3.21. The van der Waals surface area contributed by atoms with Crippen molar-refractivity contribution in [2.24, 2.45) is 5.73 Å². The number of halogens is 2. The Labute approximate surface area is 102 Å². The second-order valence-corrected chi connectivity index (χ2v) is 4.57. The van der Waals surface area contributed by atoms with Gasteiger partial charge in [0.2, 0.25) is 0 Å². The first-order valence-electron chi connectivity index (χ1n) is 3.88. The highest BCUT2D eigenvalue weighted by Gasteiger charge is 2.10. The van der Waals surface area contributed by atoms with Crippen LogP contribution in [0, 0.1) is 0 Å². The van der Waals surface area contributed by atoms with Gasteiger partial charge in [-0.25, -0.2) is 0 Å². The maximum atomic E-state index is 11.5. The van der Waals surface area contributed by atoms with Gasteiger partial charge in [0, 0.05) is 22.4 Å². The number of nitrogens with one attached hydrogen (secondary N) is 1. The monoisotopic (exact) mass is 298 g/mol. The Kier molecular flexibility index (Phi) is 6.35. The van der Waals surface area contributed by atoms with E-state index in [0.717, 1.165) is 4.47 Å². The van der Waals surface area contributed by atoms with Gasteiger partial charge >= 0.3 is 0 Å². The third kappa shape index (κ3) is 3.96. The number of hydrogen-bond donors (Lipinski definition) is 2. The Balaban J connectivity index is 0.00000169. The fourth-order valence-corrected chi connectivity index (χ4v) is 2.12. The lowest BCUT2D eigenvalue weighted by atomic mass is 10.3. The van der Waals surface area contributed by atoms with E-state index in [1.165, 1.54) is 11.3 Å². The second kappa shape index (κ2) is 6.40. The molecule has 0 radical (unpaired) electrons. The number of nitrogens with two attached hydrogens (primary N) is 1. The van der Waals surface area contributed by atoms with E-state index in [2.05, 4.69) is 21.2 Å². The van der Waals surface area contributed by atoms with Gasteiger partial charge in [-0.05, 0) is 28.9 Å². The van der Waals surface area contributed by atoms with Gasteiger partial charge in [0.25, 0.3) is 5.91 Å². The summed E-state index contributed by atoms with van der Waals surface area (Å²) in [5.41, 5.74) is 5.38. The molecule has 0 spiro atoms. The summed E-state index contributed by atoms with van der Waals surface area (Å²) >= 11 is 4.70. The number of carbonyl (C=O) groups is 1. The molecular formula is C8H12BrClN2OS. The molecule has 6 heteroatoms. The molecule has 3 nitrogen and oxygen atoms in total. The van der Waals surface area contributed by atoms with Crippen LogP contribution in [0.4, 0.5) is 0 Å². The first-order chi connectivity index (χ1) is 6.13. The molecule has 1 heterocycles. The van der Waals surface area contributed by atoms with Crippen LogP contribution >= 0.6 is 39.7 Å². The molecule has 0 unspecified atom stereocenters. The normalized spacial score (nSPS) is 11.6. The highest BCUT2D eigenvalue weighted by atomic mass is 79.9. The largest absolute Gasteiger partial charge is 0.348 e. The van der Waals surface area contributed by atoms with Crippen LogP contribution in [0.2, 0.25) is 0 Å². The maximum absolute atomic E-state index is 11.5. The minimum Gasteiger partial charge on any atom is -0.348 e. The van der Waals surface area contributed by atoms with Crippen LogP contribution in [0.25, 0.3) is 0 Å². The van der Waals surface area contributed by atoms with Crippen molar-refractivity contribution in [1.29, 1.82) is 0 Å². The average Bonchev–Trinajstić information content (AvgIpc) is 2.51. The Morgan fingerprint density at radius 1 is 1.79 bits per heavy atom. The Bertz CT molecular complexity index is 305. The summed E-state index contributed by atoms with van der Waals surface area (Å²) in [5, 5.41) is 4.66. The summed E-state index contributed by atoms with van der Waals surface area (Å²) < 4.78 is 0.933. The van der Waals surface area contributed by atoms with E-state index in [4.69, 9.17) is 5.73 Å². The van der Waals surface area contributed by atoms with E-state index in [-0.39, 0.29) is 24.4 Å². The fraction of sp³-hybridized carbons (Fsp3) is 0.375. The van der Waals surface area contributed by atoms with E-state index in [9.17, 15) is 4.79 Å². The molecule has 0 aromatic carbocycles. The van der Waals surface area contributed by atoms with Crippen LogP contribution in [0.3, 0.4) is 0 Å². The van der Waals surface area contributed by atoms with Gasteiger partial charge in [0.15, 0.2) is 0 Å². The molecule has 1 aromatic heterocycles. The Morgan fingerprint density at radius 3 is 2.86 bits per heavy atom. The standard InChI is InChI=1S/C8H11BrN2OS.ClH/c1-5(3-10)11-8(12)7-2-6(9)4-13-7;/h2,4-5H,3,10H2,1H3,(H,11,12);1H/t5-;/m0./s1. The molecular weight excluding hydrogens is 288 g/mol. The zero-order chi connectivity index (χ0) is 9.84. The van der Waals surface area contributed by atoms with Crippen molar-refractivity contribution in [1.82, 2.24) is 5.32 Å². The minimum atomic E-state index is -0.0614. The number of hydrogen-bond acceptors (Lipinski definition) is 3. The van der Waals surface area contributed by atoms with Crippen LogP contribution < -0.4 is 11.1 Å². The molecule has 0 bridgehead atoms. The predicted octanol–water partition coefficient (Wildman–Crippen LogP) is 2.01. The number of rotatable bonds is 3. The highest BCUT2D eigenvalue weighted by molar-refractivity contribution is 9.10. The van der Waals surface area contributed by atoms with Gasteiger partial charge in [0.05, 0.1) is 4.88 Å². The fourth-order valence-electron chi connectivity index (χ4n) is 0.786. The van der Waals surface area contributed by atoms with E-state index < -0.39 is 0 Å². The molecule has 80 valence electrons. The number of thiophene rings is 1. The SMILES string of the molecule is C[C@@H](CN)NC(=O)c1cc(Br)cs1.Cl. The van der Waals surface area contributed by atoms with Gasteiger partial charge < -0.3 is 11.1 Å². The first-order valence-corrected chi connectivity index (χ1v) is 5.55. The zero-order valence-corrected chi connectivity index (χ0v) is 10.8. The van der Waals surface area contributed by atoms with Crippen LogP contribution in [0.5, 0.6) is 0 Å². The third-order valence-electron chi connectivity index (χ3n) is 1.52. The summed E-state index contributed by atoms with van der Waals surface area (Å²) in [6.07, 6.45) is 0. The van der Waals surface area contributed by atoms with E-state index >= 15 is 0 Å². The molecule has 1 rings (SSSR count). The molecule has 0 aliphatic rings. The van der Waals surface area contributed by atoms with Gasteiger partial charge in [-0.15, -0.1) is 23.7 Å². The summed E-state index contributed by atoms with van der Waals surface area (Å²) in [4.78, 5) is 12.2. The van der Waals surface area contributed by atoms with Crippen molar-refractivity contribution in [2.45, 2.75) is 13.0 Å². The molecule has 0 saturated heterocycles. The lowest BCUT2D eigenvalue weighted by Crippen LogP contribution is -2.37. The van der Waals surface area contributed by atoms with Crippen molar-refractivity contribution in [3.05, 3.63) is 20.8 Å². The summed E-state index contributed by atoms with van der Waals surface area (Å²) in [7, 11) is 0. The summed E-state index contributed by atoms with van der Waals surface area (Å²) in [5.74, 6) is -0.0614. The summed E-state index contributed by atoms with van der Waals surface area (Å²) in [6, 6.07) is 1.82. The Hall–Kier alpha value is -0.100. The number of amides is 1. The smallest absolute Gasteiger partial charge is 0.261 e. The van der Waals surface area contributed by atoms with Gasteiger partial charge in [0.1, 0.15) is 0 Å². The first kappa shape index (κ1) is 13.9. The molecule has 0 saturated carbocycles. The molecule has 1 amide bonds.